The van der Waals surface area contributed by atoms with E-state index in [0.29, 0.717) is 11.4 Å². The minimum absolute atomic E-state index is 0.0551. The summed E-state index contributed by atoms with van der Waals surface area (Å²) in [4.78, 5) is 11.7. The summed E-state index contributed by atoms with van der Waals surface area (Å²) in [6, 6.07) is 13.7. The first-order valence-corrected chi connectivity index (χ1v) is 8.61. The van der Waals surface area contributed by atoms with Gasteiger partial charge in [0.25, 0.3) is 10.0 Å². The molecule has 0 heterocycles. The average Bonchev–Trinajstić information content (AvgIpc) is 2.65. The number of carbonyl (C=O) groups is 1. The predicted octanol–water partition coefficient (Wildman–Crippen LogP) is 2.20. The lowest BCUT2D eigenvalue weighted by Crippen LogP contribution is -2.26. The molecule has 0 atom stereocenters. The molecule has 2 rings (SSSR count). The molecule has 0 unspecified atom stereocenters. The van der Waals surface area contributed by atoms with Crippen molar-refractivity contribution >= 4 is 21.7 Å². The highest BCUT2D eigenvalue weighted by molar-refractivity contribution is 7.92. The molecule has 0 radical (unpaired) electrons. The Balaban J connectivity index is 2.32. The molecule has 0 saturated heterocycles. The number of benzene rings is 2. The lowest BCUT2D eigenvalue weighted by molar-refractivity contribution is 0.0554. The van der Waals surface area contributed by atoms with Crippen molar-refractivity contribution in [2.24, 2.45) is 0 Å². The second-order valence-corrected chi connectivity index (χ2v) is 6.90. The van der Waals surface area contributed by atoms with Crippen molar-refractivity contribution in [2.75, 3.05) is 25.1 Å². The van der Waals surface area contributed by atoms with Gasteiger partial charge in [-0.15, -0.1) is 0 Å². The fourth-order valence-corrected chi connectivity index (χ4v) is 3.30. The summed E-state index contributed by atoms with van der Waals surface area (Å²) >= 11 is 0. The minimum atomic E-state index is -3.87. The molecule has 2 aromatic rings. The number of methoxy groups -OCH3 is 1. The van der Waals surface area contributed by atoms with E-state index in [1.165, 1.54) is 38.4 Å². The SMILES string of the molecule is COc1ccc(N(C)S(=O)(=O)c2cccc(C(=O)OCC#N)c2)cc1. The summed E-state index contributed by atoms with van der Waals surface area (Å²) < 4.78 is 36.4. The third-order valence-electron chi connectivity index (χ3n) is 3.43. The van der Waals surface area contributed by atoms with E-state index < -0.39 is 22.6 Å². The lowest BCUT2D eigenvalue weighted by Gasteiger charge is -2.20. The molecule has 0 aliphatic heterocycles. The van der Waals surface area contributed by atoms with E-state index in [1.807, 2.05) is 0 Å². The van der Waals surface area contributed by atoms with Crippen LogP contribution in [0, 0.1) is 11.3 Å². The highest BCUT2D eigenvalue weighted by Gasteiger charge is 2.22. The van der Waals surface area contributed by atoms with Gasteiger partial charge in [-0.3, -0.25) is 4.31 Å². The van der Waals surface area contributed by atoms with Gasteiger partial charge in [0.15, 0.2) is 6.61 Å². The van der Waals surface area contributed by atoms with Crippen LogP contribution in [-0.2, 0) is 14.8 Å². The van der Waals surface area contributed by atoms with Gasteiger partial charge in [0.05, 0.1) is 23.3 Å². The number of esters is 1. The number of sulfonamides is 1. The standard InChI is InChI=1S/C17H16N2O5S/c1-19(14-6-8-15(23-2)9-7-14)25(21,22)16-5-3-4-13(12-16)17(20)24-11-10-18/h3-9,12H,11H2,1-2H3. The minimum Gasteiger partial charge on any atom is -0.497 e. The number of anilines is 1. The molecule has 0 aliphatic rings. The quantitative estimate of drug-likeness (QED) is 0.733. The first-order chi connectivity index (χ1) is 11.9. The van der Waals surface area contributed by atoms with E-state index in [2.05, 4.69) is 0 Å². The first kappa shape index (κ1) is 18.3. The van der Waals surface area contributed by atoms with Crippen molar-refractivity contribution in [1.82, 2.24) is 0 Å². The maximum Gasteiger partial charge on any atom is 0.339 e. The molecule has 2 aromatic carbocycles. The topological polar surface area (TPSA) is 96.7 Å². The number of rotatable bonds is 6. The van der Waals surface area contributed by atoms with Crippen LogP contribution in [0.15, 0.2) is 53.4 Å². The van der Waals surface area contributed by atoms with E-state index in [0.717, 1.165) is 4.31 Å². The summed E-state index contributed by atoms with van der Waals surface area (Å²) in [5.74, 6) is -0.150. The van der Waals surface area contributed by atoms with Gasteiger partial charge in [0.2, 0.25) is 0 Å². The van der Waals surface area contributed by atoms with Gasteiger partial charge >= 0.3 is 5.97 Å². The summed E-state index contributed by atoms with van der Waals surface area (Å²) in [7, 11) is -0.934. The molecule has 0 bridgehead atoms. The van der Waals surface area contributed by atoms with Crippen LogP contribution in [-0.4, -0.2) is 35.2 Å². The Bertz CT molecular complexity index is 901. The predicted molar refractivity (Wildman–Crippen MR) is 90.9 cm³/mol. The van der Waals surface area contributed by atoms with Gasteiger partial charge < -0.3 is 9.47 Å². The van der Waals surface area contributed by atoms with Crippen molar-refractivity contribution in [1.29, 1.82) is 5.26 Å². The average molecular weight is 360 g/mol. The molecule has 0 N–H and O–H groups in total. The fraction of sp³-hybridized carbons (Fsp3) is 0.176. The van der Waals surface area contributed by atoms with Crippen molar-refractivity contribution in [3.05, 3.63) is 54.1 Å². The van der Waals surface area contributed by atoms with Gasteiger partial charge in [0, 0.05) is 7.05 Å². The summed E-state index contributed by atoms with van der Waals surface area (Å²) in [5.41, 5.74) is 0.498. The van der Waals surface area contributed by atoms with Crippen LogP contribution in [0.25, 0.3) is 0 Å². The third kappa shape index (κ3) is 4.08. The first-order valence-electron chi connectivity index (χ1n) is 7.17. The molecular weight excluding hydrogens is 344 g/mol. The molecule has 0 aliphatic carbocycles. The molecule has 0 saturated carbocycles. The number of nitrogens with zero attached hydrogens (tertiary/aromatic N) is 2. The molecule has 0 amide bonds. The summed E-state index contributed by atoms with van der Waals surface area (Å²) in [6.45, 7) is -0.401. The normalized spacial score (nSPS) is 10.6. The molecule has 8 heteroatoms. The van der Waals surface area contributed by atoms with E-state index in [9.17, 15) is 13.2 Å². The second-order valence-electron chi connectivity index (χ2n) is 4.93. The number of hydrogen-bond donors (Lipinski definition) is 0. The monoisotopic (exact) mass is 360 g/mol. The van der Waals surface area contributed by atoms with E-state index in [1.54, 1.807) is 30.3 Å². The van der Waals surface area contributed by atoms with Crippen molar-refractivity contribution in [3.8, 4) is 11.8 Å². The zero-order chi connectivity index (χ0) is 18.4. The Kier molecular flexibility index (Phi) is 5.62. The molecule has 130 valence electrons. The van der Waals surface area contributed by atoms with Crippen LogP contribution in [0.2, 0.25) is 0 Å². The maximum atomic E-state index is 12.8. The van der Waals surface area contributed by atoms with Gasteiger partial charge in [-0.2, -0.15) is 5.26 Å². The molecule has 0 spiro atoms. The van der Waals surface area contributed by atoms with Gasteiger partial charge in [-0.05, 0) is 42.5 Å². The van der Waals surface area contributed by atoms with Crippen molar-refractivity contribution < 1.29 is 22.7 Å². The zero-order valence-corrected chi connectivity index (χ0v) is 14.5. The molecule has 0 fully saturated rings. The summed E-state index contributed by atoms with van der Waals surface area (Å²) in [6.07, 6.45) is 0. The Morgan fingerprint density at radius 3 is 2.48 bits per heavy atom. The number of carbonyl (C=O) groups excluding carboxylic acids is 1. The van der Waals surface area contributed by atoms with E-state index >= 15 is 0 Å². The Morgan fingerprint density at radius 2 is 1.88 bits per heavy atom. The summed E-state index contributed by atoms with van der Waals surface area (Å²) in [5, 5.41) is 8.44. The Labute approximate surface area is 146 Å². The smallest absolute Gasteiger partial charge is 0.339 e. The Hall–Kier alpha value is -3.05. The molecule has 25 heavy (non-hydrogen) atoms. The van der Waals surface area contributed by atoms with Crippen molar-refractivity contribution in [2.45, 2.75) is 4.90 Å². The number of ether oxygens (including phenoxy) is 2. The van der Waals surface area contributed by atoms with Gasteiger partial charge in [-0.1, -0.05) is 6.07 Å². The van der Waals surface area contributed by atoms with Crippen molar-refractivity contribution in [3.63, 3.8) is 0 Å². The second kappa shape index (κ2) is 7.68. The van der Waals surface area contributed by atoms with E-state index in [4.69, 9.17) is 14.7 Å². The maximum absolute atomic E-state index is 12.8. The van der Waals surface area contributed by atoms with Crippen LogP contribution in [0.1, 0.15) is 10.4 Å². The fourth-order valence-electron chi connectivity index (χ4n) is 2.05. The third-order valence-corrected chi connectivity index (χ3v) is 5.21. The number of hydrogen-bond acceptors (Lipinski definition) is 6. The van der Waals surface area contributed by atoms with E-state index in [-0.39, 0.29) is 10.5 Å². The van der Waals surface area contributed by atoms with Crippen LogP contribution in [0.5, 0.6) is 5.75 Å². The van der Waals surface area contributed by atoms with Crippen LogP contribution < -0.4 is 9.04 Å². The van der Waals surface area contributed by atoms with Gasteiger partial charge in [-0.25, -0.2) is 13.2 Å². The highest BCUT2D eigenvalue weighted by Crippen LogP contribution is 2.24. The van der Waals surface area contributed by atoms with Gasteiger partial charge in [0.1, 0.15) is 11.8 Å². The molecule has 7 nitrogen and oxygen atoms in total. The molecule has 0 aromatic heterocycles. The Morgan fingerprint density at radius 1 is 1.20 bits per heavy atom. The van der Waals surface area contributed by atoms with Crippen LogP contribution in [0.4, 0.5) is 5.69 Å². The number of nitriles is 1. The lowest BCUT2D eigenvalue weighted by atomic mass is 10.2. The zero-order valence-electron chi connectivity index (χ0n) is 13.7. The molecular formula is C17H16N2O5S. The van der Waals surface area contributed by atoms with Crippen LogP contribution in [0.3, 0.4) is 0 Å². The van der Waals surface area contributed by atoms with Crippen LogP contribution >= 0.6 is 0 Å². The largest absolute Gasteiger partial charge is 0.497 e. The highest BCUT2D eigenvalue weighted by atomic mass is 32.2.